The molecule has 0 aromatic carbocycles. The summed E-state index contributed by atoms with van der Waals surface area (Å²) in [5.74, 6) is 1.98. The second kappa shape index (κ2) is 3.32. The SMILES string of the molecule is Cc1cc(N2CCCC2)nc(C)n1. The van der Waals surface area contributed by atoms with Gasteiger partial charge in [-0.05, 0) is 26.7 Å². The van der Waals surface area contributed by atoms with Gasteiger partial charge in [0.05, 0.1) is 0 Å². The van der Waals surface area contributed by atoms with Gasteiger partial charge in [0, 0.05) is 24.8 Å². The lowest BCUT2D eigenvalue weighted by atomic mass is 10.4. The van der Waals surface area contributed by atoms with Crippen LogP contribution in [-0.2, 0) is 0 Å². The molecule has 1 saturated heterocycles. The lowest BCUT2D eigenvalue weighted by molar-refractivity contribution is 0.899. The van der Waals surface area contributed by atoms with Gasteiger partial charge in [0.25, 0.3) is 0 Å². The maximum absolute atomic E-state index is 4.43. The summed E-state index contributed by atoms with van der Waals surface area (Å²) in [4.78, 5) is 11.0. The predicted molar refractivity (Wildman–Crippen MR) is 53.0 cm³/mol. The predicted octanol–water partition coefficient (Wildman–Crippen LogP) is 1.69. The first-order valence-corrected chi connectivity index (χ1v) is 4.83. The molecule has 1 fully saturated rings. The van der Waals surface area contributed by atoms with E-state index in [0.717, 1.165) is 30.4 Å². The van der Waals surface area contributed by atoms with Crippen LogP contribution in [0.1, 0.15) is 24.4 Å². The number of nitrogens with zero attached hydrogens (tertiary/aromatic N) is 3. The van der Waals surface area contributed by atoms with Gasteiger partial charge < -0.3 is 4.90 Å². The minimum Gasteiger partial charge on any atom is -0.357 e. The van der Waals surface area contributed by atoms with Gasteiger partial charge in [-0.1, -0.05) is 0 Å². The van der Waals surface area contributed by atoms with Gasteiger partial charge in [0.2, 0.25) is 0 Å². The monoisotopic (exact) mass is 177 g/mol. The Balaban J connectivity index is 2.28. The largest absolute Gasteiger partial charge is 0.357 e. The molecule has 70 valence electrons. The first kappa shape index (κ1) is 8.48. The quantitative estimate of drug-likeness (QED) is 0.653. The van der Waals surface area contributed by atoms with E-state index in [9.17, 15) is 0 Å². The molecule has 13 heavy (non-hydrogen) atoms. The Morgan fingerprint density at radius 1 is 1.15 bits per heavy atom. The molecule has 1 aliphatic rings. The third-order valence-corrected chi connectivity index (χ3v) is 2.38. The molecule has 1 aromatic rings. The van der Waals surface area contributed by atoms with Crippen LogP contribution >= 0.6 is 0 Å². The summed E-state index contributed by atoms with van der Waals surface area (Å²) in [5.41, 5.74) is 1.06. The van der Waals surface area contributed by atoms with Gasteiger partial charge in [-0.25, -0.2) is 9.97 Å². The molecular weight excluding hydrogens is 162 g/mol. The lowest BCUT2D eigenvalue weighted by Crippen LogP contribution is -2.19. The van der Waals surface area contributed by atoms with Crippen LogP contribution in [0.15, 0.2) is 6.07 Å². The molecule has 0 aliphatic carbocycles. The highest BCUT2D eigenvalue weighted by molar-refractivity contribution is 5.40. The Hall–Kier alpha value is -1.12. The number of rotatable bonds is 1. The Kier molecular flexibility index (Phi) is 2.17. The zero-order chi connectivity index (χ0) is 9.26. The Morgan fingerprint density at radius 2 is 1.85 bits per heavy atom. The summed E-state index contributed by atoms with van der Waals surface area (Å²) in [6.07, 6.45) is 2.59. The summed E-state index contributed by atoms with van der Waals surface area (Å²) < 4.78 is 0. The van der Waals surface area contributed by atoms with Crippen LogP contribution in [0.2, 0.25) is 0 Å². The average Bonchev–Trinajstić information content (AvgIpc) is 2.53. The van der Waals surface area contributed by atoms with E-state index < -0.39 is 0 Å². The van der Waals surface area contributed by atoms with Crippen molar-refractivity contribution >= 4 is 5.82 Å². The molecule has 2 rings (SSSR count). The van der Waals surface area contributed by atoms with Crippen LogP contribution in [-0.4, -0.2) is 23.1 Å². The number of aryl methyl sites for hydroxylation is 2. The number of aromatic nitrogens is 2. The first-order chi connectivity index (χ1) is 6.25. The highest BCUT2D eigenvalue weighted by Gasteiger charge is 2.13. The molecule has 2 heterocycles. The van der Waals surface area contributed by atoms with Gasteiger partial charge in [0.1, 0.15) is 11.6 Å². The standard InChI is InChI=1S/C10H15N3/c1-8-7-10(12-9(2)11-8)13-5-3-4-6-13/h7H,3-6H2,1-2H3. The number of anilines is 1. The fourth-order valence-electron chi connectivity index (χ4n) is 1.81. The molecule has 3 heteroatoms. The van der Waals surface area contributed by atoms with Crippen molar-refractivity contribution < 1.29 is 0 Å². The first-order valence-electron chi connectivity index (χ1n) is 4.83. The van der Waals surface area contributed by atoms with Gasteiger partial charge in [-0.15, -0.1) is 0 Å². The third-order valence-electron chi connectivity index (χ3n) is 2.38. The van der Waals surface area contributed by atoms with Crippen LogP contribution in [0.25, 0.3) is 0 Å². The molecule has 0 amide bonds. The van der Waals surface area contributed by atoms with Crippen LogP contribution in [0, 0.1) is 13.8 Å². The summed E-state index contributed by atoms with van der Waals surface area (Å²) in [5, 5.41) is 0. The smallest absolute Gasteiger partial charge is 0.132 e. The second-order valence-corrected chi connectivity index (χ2v) is 3.61. The molecule has 1 aromatic heterocycles. The molecule has 0 N–H and O–H groups in total. The molecule has 0 saturated carbocycles. The molecule has 0 unspecified atom stereocenters. The lowest BCUT2D eigenvalue weighted by Gasteiger charge is -2.16. The van der Waals surface area contributed by atoms with E-state index in [1.807, 2.05) is 13.8 Å². The molecule has 0 bridgehead atoms. The van der Waals surface area contributed by atoms with Crippen molar-refractivity contribution in [2.24, 2.45) is 0 Å². The minimum atomic E-state index is 0.877. The summed E-state index contributed by atoms with van der Waals surface area (Å²) in [6.45, 7) is 6.27. The fraction of sp³-hybridized carbons (Fsp3) is 0.600. The molecular formula is C10H15N3. The average molecular weight is 177 g/mol. The van der Waals surface area contributed by atoms with Gasteiger partial charge in [0.15, 0.2) is 0 Å². The van der Waals surface area contributed by atoms with Crippen molar-refractivity contribution in [3.8, 4) is 0 Å². The molecule has 0 atom stereocenters. The zero-order valence-electron chi connectivity index (χ0n) is 8.25. The Bertz CT molecular complexity index is 283. The van der Waals surface area contributed by atoms with Crippen molar-refractivity contribution in [1.82, 2.24) is 9.97 Å². The summed E-state index contributed by atoms with van der Waals surface area (Å²) in [7, 11) is 0. The number of hydrogen-bond acceptors (Lipinski definition) is 3. The van der Waals surface area contributed by atoms with E-state index in [1.54, 1.807) is 0 Å². The van der Waals surface area contributed by atoms with Crippen LogP contribution in [0.4, 0.5) is 5.82 Å². The Labute approximate surface area is 78.8 Å². The van der Waals surface area contributed by atoms with Crippen molar-refractivity contribution in [2.75, 3.05) is 18.0 Å². The van der Waals surface area contributed by atoms with Crippen LogP contribution < -0.4 is 4.90 Å². The fourth-order valence-corrected chi connectivity index (χ4v) is 1.81. The van der Waals surface area contributed by atoms with E-state index in [4.69, 9.17) is 0 Å². The van der Waals surface area contributed by atoms with Crippen molar-refractivity contribution in [1.29, 1.82) is 0 Å². The maximum Gasteiger partial charge on any atom is 0.132 e. The summed E-state index contributed by atoms with van der Waals surface area (Å²) >= 11 is 0. The number of hydrogen-bond donors (Lipinski definition) is 0. The van der Waals surface area contributed by atoms with Gasteiger partial charge >= 0.3 is 0 Å². The van der Waals surface area contributed by atoms with E-state index in [-0.39, 0.29) is 0 Å². The highest BCUT2D eigenvalue weighted by Crippen LogP contribution is 2.17. The van der Waals surface area contributed by atoms with Crippen molar-refractivity contribution in [3.05, 3.63) is 17.6 Å². The molecule has 3 nitrogen and oxygen atoms in total. The third kappa shape index (κ3) is 1.79. The molecule has 0 radical (unpaired) electrons. The normalized spacial score (nSPS) is 16.6. The van der Waals surface area contributed by atoms with Crippen molar-refractivity contribution in [3.63, 3.8) is 0 Å². The molecule has 1 aliphatic heterocycles. The van der Waals surface area contributed by atoms with Crippen LogP contribution in [0.5, 0.6) is 0 Å². The minimum absolute atomic E-state index is 0.877. The zero-order valence-corrected chi connectivity index (χ0v) is 8.25. The summed E-state index contributed by atoms with van der Waals surface area (Å²) in [6, 6.07) is 2.07. The van der Waals surface area contributed by atoms with E-state index in [1.165, 1.54) is 12.8 Å². The van der Waals surface area contributed by atoms with E-state index >= 15 is 0 Å². The van der Waals surface area contributed by atoms with E-state index in [0.29, 0.717) is 0 Å². The van der Waals surface area contributed by atoms with Crippen LogP contribution in [0.3, 0.4) is 0 Å². The highest BCUT2D eigenvalue weighted by atomic mass is 15.2. The Morgan fingerprint density at radius 3 is 2.46 bits per heavy atom. The van der Waals surface area contributed by atoms with Crippen molar-refractivity contribution in [2.45, 2.75) is 26.7 Å². The van der Waals surface area contributed by atoms with Gasteiger partial charge in [-0.3, -0.25) is 0 Å². The second-order valence-electron chi connectivity index (χ2n) is 3.61. The molecule has 0 spiro atoms. The topological polar surface area (TPSA) is 29.0 Å². The van der Waals surface area contributed by atoms with E-state index in [2.05, 4.69) is 20.9 Å². The maximum atomic E-state index is 4.43. The van der Waals surface area contributed by atoms with Gasteiger partial charge in [-0.2, -0.15) is 0 Å².